The quantitative estimate of drug-likeness (QED) is 0.820. The van der Waals surface area contributed by atoms with Crippen molar-refractivity contribution in [1.29, 1.82) is 0 Å². The van der Waals surface area contributed by atoms with E-state index in [4.69, 9.17) is 5.73 Å². The Bertz CT molecular complexity index is 518. The summed E-state index contributed by atoms with van der Waals surface area (Å²) in [7, 11) is 0. The van der Waals surface area contributed by atoms with E-state index in [-0.39, 0.29) is 0 Å². The van der Waals surface area contributed by atoms with E-state index >= 15 is 0 Å². The van der Waals surface area contributed by atoms with Crippen LogP contribution >= 0.6 is 0 Å². The van der Waals surface area contributed by atoms with E-state index < -0.39 is 0 Å². The van der Waals surface area contributed by atoms with Crippen molar-refractivity contribution in [1.82, 2.24) is 0 Å². The van der Waals surface area contributed by atoms with Gasteiger partial charge in [0.2, 0.25) is 0 Å². The Morgan fingerprint density at radius 2 is 1.65 bits per heavy atom. The summed E-state index contributed by atoms with van der Waals surface area (Å²) in [6.07, 6.45) is 2.12. The van der Waals surface area contributed by atoms with E-state index in [0.717, 1.165) is 19.4 Å². The summed E-state index contributed by atoms with van der Waals surface area (Å²) >= 11 is 0. The molecule has 0 fully saturated rings. The van der Waals surface area contributed by atoms with Crippen LogP contribution in [0.5, 0.6) is 0 Å². The topological polar surface area (TPSA) is 26.0 Å². The second kappa shape index (κ2) is 7.25. The summed E-state index contributed by atoms with van der Waals surface area (Å²) in [4.78, 5) is 0. The average Bonchev–Trinajstić information content (AvgIpc) is 2.53. The summed E-state index contributed by atoms with van der Waals surface area (Å²) in [5, 5.41) is 0. The molecule has 1 nitrogen and oxygen atoms in total. The molecule has 2 unspecified atom stereocenters. The van der Waals surface area contributed by atoms with Crippen molar-refractivity contribution in [3.05, 3.63) is 71.3 Å². The van der Waals surface area contributed by atoms with Crippen molar-refractivity contribution in [2.45, 2.75) is 38.5 Å². The highest BCUT2D eigenvalue weighted by atomic mass is 14.5. The Morgan fingerprint density at radius 3 is 2.30 bits per heavy atom. The maximum Gasteiger partial charge on any atom is -0.00712 e. The molecule has 20 heavy (non-hydrogen) atoms. The minimum Gasteiger partial charge on any atom is -0.330 e. The van der Waals surface area contributed by atoms with Crippen LogP contribution in [-0.2, 0) is 6.42 Å². The Hall–Kier alpha value is -1.60. The minimum atomic E-state index is 0.493. The lowest BCUT2D eigenvalue weighted by atomic mass is 9.80. The van der Waals surface area contributed by atoms with Gasteiger partial charge in [0.05, 0.1) is 0 Å². The number of aryl methyl sites for hydroxylation is 1. The molecule has 0 saturated heterocycles. The molecule has 2 rings (SSSR count). The van der Waals surface area contributed by atoms with Crippen LogP contribution in [0.2, 0.25) is 0 Å². The molecule has 0 aliphatic carbocycles. The molecule has 106 valence electrons. The zero-order valence-electron chi connectivity index (χ0n) is 12.5. The van der Waals surface area contributed by atoms with Crippen LogP contribution in [0.3, 0.4) is 0 Å². The maximum absolute atomic E-state index is 5.84. The third kappa shape index (κ3) is 3.49. The molecule has 2 aromatic rings. The highest BCUT2D eigenvalue weighted by molar-refractivity contribution is 5.31. The van der Waals surface area contributed by atoms with E-state index in [1.807, 2.05) is 0 Å². The number of hydrogen-bond acceptors (Lipinski definition) is 1. The predicted molar refractivity (Wildman–Crippen MR) is 87.1 cm³/mol. The van der Waals surface area contributed by atoms with Gasteiger partial charge in [0, 0.05) is 0 Å². The summed E-state index contributed by atoms with van der Waals surface area (Å²) in [5.74, 6) is 0.987. The first-order valence-corrected chi connectivity index (χ1v) is 7.60. The molecule has 2 aromatic carbocycles. The fourth-order valence-corrected chi connectivity index (χ4v) is 2.91. The van der Waals surface area contributed by atoms with Crippen molar-refractivity contribution in [2.24, 2.45) is 5.73 Å². The molecule has 2 N–H and O–H groups in total. The lowest BCUT2D eigenvalue weighted by molar-refractivity contribution is 0.541. The molecule has 0 spiro atoms. The summed E-state index contributed by atoms with van der Waals surface area (Å²) in [6.45, 7) is 5.26. The highest BCUT2D eigenvalue weighted by Gasteiger charge is 2.20. The first kappa shape index (κ1) is 14.8. The molecular formula is C19H25N. The lowest BCUT2D eigenvalue weighted by Crippen LogP contribution is -2.13. The number of hydrogen-bond donors (Lipinski definition) is 1. The van der Waals surface area contributed by atoms with Crippen LogP contribution in [0.4, 0.5) is 0 Å². The van der Waals surface area contributed by atoms with Gasteiger partial charge in [0.25, 0.3) is 0 Å². The van der Waals surface area contributed by atoms with Crippen LogP contribution in [-0.4, -0.2) is 6.54 Å². The third-order valence-corrected chi connectivity index (χ3v) is 4.19. The van der Waals surface area contributed by atoms with E-state index in [2.05, 4.69) is 68.4 Å². The van der Waals surface area contributed by atoms with Crippen LogP contribution in [0.1, 0.15) is 48.8 Å². The first-order chi connectivity index (χ1) is 9.76. The van der Waals surface area contributed by atoms with Crippen molar-refractivity contribution in [2.75, 3.05) is 6.54 Å². The van der Waals surface area contributed by atoms with Crippen LogP contribution in [0.25, 0.3) is 0 Å². The van der Waals surface area contributed by atoms with Gasteiger partial charge >= 0.3 is 0 Å². The zero-order chi connectivity index (χ0) is 14.4. The molecule has 1 heteroatoms. The second-order valence-corrected chi connectivity index (χ2v) is 5.48. The maximum atomic E-state index is 5.84. The Balaban J connectivity index is 2.28. The van der Waals surface area contributed by atoms with Crippen LogP contribution < -0.4 is 5.73 Å². The van der Waals surface area contributed by atoms with Crippen LogP contribution in [0.15, 0.2) is 54.6 Å². The minimum absolute atomic E-state index is 0.493. The summed E-state index contributed by atoms with van der Waals surface area (Å²) < 4.78 is 0. The van der Waals surface area contributed by atoms with Gasteiger partial charge in [-0.05, 0) is 47.9 Å². The monoisotopic (exact) mass is 267 g/mol. The molecule has 0 saturated carbocycles. The summed E-state index contributed by atoms with van der Waals surface area (Å²) in [6, 6.07) is 19.7. The predicted octanol–water partition coefficient (Wildman–Crippen LogP) is 4.49. The molecular weight excluding hydrogens is 242 g/mol. The smallest absolute Gasteiger partial charge is 0.00712 e. The third-order valence-electron chi connectivity index (χ3n) is 4.19. The second-order valence-electron chi connectivity index (χ2n) is 5.48. The molecule has 0 aliphatic rings. The molecule has 0 aromatic heterocycles. The molecule has 0 amide bonds. The van der Waals surface area contributed by atoms with Gasteiger partial charge in [-0.25, -0.2) is 0 Å². The SMILES string of the molecule is CCc1cccc(C(C)C(CCN)c2ccccc2)c1. The van der Waals surface area contributed by atoms with Gasteiger partial charge in [-0.2, -0.15) is 0 Å². The molecule has 0 bridgehead atoms. The van der Waals surface area contributed by atoms with Gasteiger partial charge in [-0.15, -0.1) is 0 Å². The van der Waals surface area contributed by atoms with Crippen molar-refractivity contribution < 1.29 is 0 Å². The fourth-order valence-electron chi connectivity index (χ4n) is 2.91. The average molecular weight is 267 g/mol. The van der Waals surface area contributed by atoms with Gasteiger partial charge in [0.1, 0.15) is 0 Å². The van der Waals surface area contributed by atoms with Crippen molar-refractivity contribution >= 4 is 0 Å². The largest absolute Gasteiger partial charge is 0.330 e. The van der Waals surface area contributed by atoms with E-state index in [0.29, 0.717) is 11.8 Å². The van der Waals surface area contributed by atoms with Gasteiger partial charge in [-0.3, -0.25) is 0 Å². The van der Waals surface area contributed by atoms with E-state index in [9.17, 15) is 0 Å². The molecule has 0 aliphatic heterocycles. The Labute approximate surface area is 122 Å². The summed E-state index contributed by atoms with van der Waals surface area (Å²) in [5.41, 5.74) is 10.1. The molecule has 0 heterocycles. The van der Waals surface area contributed by atoms with Crippen molar-refractivity contribution in [3.8, 4) is 0 Å². The van der Waals surface area contributed by atoms with Crippen molar-refractivity contribution in [3.63, 3.8) is 0 Å². The molecule has 2 atom stereocenters. The Morgan fingerprint density at radius 1 is 0.950 bits per heavy atom. The number of nitrogens with two attached hydrogens (primary N) is 1. The highest BCUT2D eigenvalue weighted by Crippen LogP contribution is 2.35. The van der Waals surface area contributed by atoms with Gasteiger partial charge in [-0.1, -0.05) is 68.4 Å². The van der Waals surface area contributed by atoms with E-state index in [1.54, 1.807) is 0 Å². The first-order valence-electron chi connectivity index (χ1n) is 7.60. The Kier molecular flexibility index (Phi) is 5.37. The number of benzene rings is 2. The van der Waals surface area contributed by atoms with Gasteiger partial charge < -0.3 is 5.73 Å². The standard InChI is InChI=1S/C19H25N/c1-3-16-8-7-11-18(14-16)15(2)19(12-13-20)17-9-5-4-6-10-17/h4-11,14-15,19H,3,12-13,20H2,1-2H3. The fraction of sp³-hybridized carbons (Fsp3) is 0.368. The van der Waals surface area contributed by atoms with E-state index in [1.165, 1.54) is 16.7 Å². The normalized spacial score (nSPS) is 13.9. The lowest BCUT2D eigenvalue weighted by Gasteiger charge is -2.25. The van der Waals surface area contributed by atoms with Gasteiger partial charge in [0.15, 0.2) is 0 Å². The zero-order valence-corrected chi connectivity index (χ0v) is 12.5. The van der Waals surface area contributed by atoms with Crippen LogP contribution in [0, 0.1) is 0 Å². The molecule has 0 radical (unpaired) electrons. The number of rotatable bonds is 6.